The first-order valence-corrected chi connectivity index (χ1v) is 10.4. The molecular weight excluding hydrogens is 372 g/mol. The van der Waals surface area contributed by atoms with Crippen molar-refractivity contribution in [3.63, 3.8) is 0 Å². The molecule has 152 valence electrons. The van der Waals surface area contributed by atoms with Gasteiger partial charge in [-0.15, -0.1) is 0 Å². The molecule has 0 radical (unpaired) electrons. The van der Waals surface area contributed by atoms with Crippen molar-refractivity contribution in [1.82, 2.24) is 20.3 Å². The van der Waals surface area contributed by atoms with Gasteiger partial charge in [-0.2, -0.15) is 0 Å². The molecule has 0 unspecified atom stereocenters. The second kappa shape index (κ2) is 7.89. The number of nitrogens with one attached hydrogen (secondary N) is 2. The molecule has 1 fully saturated rings. The van der Waals surface area contributed by atoms with Crippen LogP contribution in [0.5, 0.6) is 0 Å². The van der Waals surface area contributed by atoms with Gasteiger partial charge in [0.2, 0.25) is 0 Å². The highest BCUT2D eigenvalue weighted by Crippen LogP contribution is 2.32. The van der Waals surface area contributed by atoms with Gasteiger partial charge in [0.1, 0.15) is 5.82 Å². The van der Waals surface area contributed by atoms with Gasteiger partial charge < -0.3 is 20.9 Å². The lowest BCUT2D eigenvalue weighted by Gasteiger charge is -2.28. The number of nitrogens with two attached hydrogens (primary N) is 1. The number of nitrogens with zero attached hydrogens (tertiary/aromatic N) is 3. The molecule has 3 aromatic heterocycles. The first-order chi connectivity index (χ1) is 14.7. The van der Waals surface area contributed by atoms with Crippen molar-refractivity contribution >= 4 is 16.7 Å². The van der Waals surface area contributed by atoms with Crippen molar-refractivity contribution in [2.24, 2.45) is 5.73 Å². The Bertz CT molecular complexity index is 1170. The van der Waals surface area contributed by atoms with Gasteiger partial charge in [-0.3, -0.25) is 4.98 Å². The molecule has 0 aliphatic carbocycles. The minimum Gasteiger partial charge on any atom is -0.354 e. The molecule has 1 aliphatic rings. The number of aryl methyl sites for hydroxylation is 1. The zero-order valence-electron chi connectivity index (χ0n) is 17.2. The predicted molar refractivity (Wildman–Crippen MR) is 122 cm³/mol. The third kappa shape index (κ3) is 3.44. The van der Waals surface area contributed by atoms with E-state index in [1.807, 2.05) is 18.5 Å². The number of pyridine rings is 2. The van der Waals surface area contributed by atoms with Crippen LogP contribution in [0.3, 0.4) is 0 Å². The van der Waals surface area contributed by atoms with Crippen molar-refractivity contribution in [2.45, 2.75) is 13.5 Å². The normalized spacial score (nSPS) is 14.4. The lowest BCUT2D eigenvalue weighted by atomic mass is 10.0. The number of H-pyrrole nitrogens is 1. The summed E-state index contributed by atoms with van der Waals surface area (Å²) in [6.45, 7) is 6.62. The number of hydrogen-bond donors (Lipinski definition) is 3. The maximum absolute atomic E-state index is 5.77. The molecule has 1 aliphatic heterocycles. The SMILES string of the molecule is Cc1c(-c2ccnc(CN)c2)[nH]c2cc(-c3ccc(N4CCNCC4)nc3)ccc12. The summed E-state index contributed by atoms with van der Waals surface area (Å²) < 4.78 is 0. The van der Waals surface area contributed by atoms with Crippen LogP contribution < -0.4 is 16.0 Å². The van der Waals surface area contributed by atoms with E-state index in [2.05, 4.69) is 63.5 Å². The minimum atomic E-state index is 0.439. The molecule has 30 heavy (non-hydrogen) atoms. The topological polar surface area (TPSA) is 82.9 Å². The molecular formula is C24H26N6. The van der Waals surface area contributed by atoms with Crippen LogP contribution in [0.15, 0.2) is 54.9 Å². The van der Waals surface area contributed by atoms with Gasteiger partial charge in [0.25, 0.3) is 0 Å². The van der Waals surface area contributed by atoms with Crippen LogP contribution in [-0.4, -0.2) is 41.1 Å². The summed E-state index contributed by atoms with van der Waals surface area (Å²) in [6, 6.07) is 14.9. The summed E-state index contributed by atoms with van der Waals surface area (Å²) >= 11 is 0. The van der Waals surface area contributed by atoms with Crippen LogP contribution in [0, 0.1) is 6.92 Å². The van der Waals surface area contributed by atoms with Gasteiger partial charge in [0.05, 0.1) is 5.69 Å². The minimum absolute atomic E-state index is 0.439. The molecule has 6 nitrogen and oxygen atoms in total. The highest BCUT2D eigenvalue weighted by molar-refractivity contribution is 5.93. The first kappa shape index (κ1) is 18.8. The zero-order chi connectivity index (χ0) is 20.5. The Morgan fingerprint density at radius 1 is 0.967 bits per heavy atom. The Kier molecular flexibility index (Phi) is 4.94. The van der Waals surface area contributed by atoms with Crippen LogP contribution in [0.1, 0.15) is 11.3 Å². The van der Waals surface area contributed by atoms with E-state index in [0.29, 0.717) is 6.54 Å². The quantitative estimate of drug-likeness (QED) is 0.490. The summed E-state index contributed by atoms with van der Waals surface area (Å²) in [4.78, 5) is 15.0. The lowest BCUT2D eigenvalue weighted by molar-refractivity contribution is 0.585. The Balaban J connectivity index is 1.47. The third-order valence-corrected chi connectivity index (χ3v) is 5.89. The number of anilines is 1. The molecule has 4 N–H and O–H groups in total. The molecule has 0 atom stereocenters. The first-order valence-electron chi connectivity index (χ1n) is 10.4. The summed E-state index contributed by atoms with van der Waals surface area (Å²) in [7, 11) is 0. The standard InChI is InChI=1S/C24H26N6/c1-16-21-4-2-17(19-3-5-23(28-15-19)30-10-8-26-9-11-30)13-22(21)29-24(16)18-6-7-27-20(12-18)14-25/h2-7,12-13,15,26,29H,8-11,14,25H2,1H3. The van der Waals surface area contributed by atoms with Gasteiger partial charge >= 0.3 is 0 Å². The maximum Gasteiger partial charge on any atom is 0.128 e. The predicted octanol–water partition coefficient (Wildman–Crippen LogP) is 3.47. The molecule has 0 saturated carbocycles. The number of fused-ring (bicyclic) bond motifs is 1. The van der Waals surface area contributed by atoms with E-state index in [1.54, 1.807) is 0 Å². The van der Waals surface area contributed by atoms with E-state index in [9.17, 15) is 0 Å². The molecule has 5 rings (SSSR count). The van der Waals surface area contributed by atoms with Gasteiger partial charge in [0.15, 0.2) is 0 Å². The molecule has 4 heterocycles. The molecule has 1 saturated heterocycles. The third-order valence-electron chi connectivity index (χ3n) is 5.89. The highest BCUT2D eigenvalue weighted by atomic mass is 15.2. The fraction of sp³-hybridized carbons (Fsp3) is 0.250. The van der Waals surface area contributed by atoms with Crippen molar-refractivity contribution in [2.75, 3.05) is 31.1 Å². The average molecular weight is 399 g/mol. The van der Waals surface area contributed by atoms with Crippen LogP contribution in [0.2, 0.25) is 0 Å². The number of aromatic nitrogens is 3. The Morgan fingerprint density at radius 2 is 1.80 bits per heavy atom. The molecule has 0 amide bonds. The van der Waals surface area contributed by atoms with E-state index in [0.717, 1.165) is 65.6 Å². The summed E-state index contributed by atoms with van der Waals surface area (Å²) in [5.41, 5.74) is 13.5. The van der Waals surface area contributed by atoms with E-state index >= 15 is 0 Å². The van der Waals surface area contributed by atoms with E-state index in [4.69, 9.17) is 10.7 Å². The van der Waals surface area contributed by atoms with Crippen LogP contribution in [0.4, 0.5) is 5.82 Å². The molecule has 4 aromatic rings. The van der Waals surface area contributed by atoms with Crippen molar-refractivity contribution in [3.05, 3.63) is 66.1 Å². The summed E-state index contributed by atoms with van der Waals surface area (Å²) in [5, 5.41) is 4.61. The largest absolute Gasteiger partial charge is 0.354 e. The van der Waals surface area contributed by atoms with E-state index in [-0.39, 0.29) is 0 Å². The Labute approximate surface area is 176 Å². The zero-order valence-corrected chi connectivity index (χ0v) is 17.2. The number of aromatic amines is 1. The van der Waals surface area contributed by atoms with Crippen molar-refractivity contribution in [3.8, 4) is 22.4 Å². The van der Waals surface area contributed by atoms with Crippen LogP contribution in [-0.2, 0) is 6.54 Å². The Hall–Kier alpha value is -3.22. The molecule has 6 heteroatoms. The number of hydrogen-bond acceptors (Lipinski definition) is 5. The molecule has 1 aromatic carbocycles. The van der Waals surface area contributed by atoms with Crippen molar-refractivity contribution < 1.29 is 0 Å². The monoisotopic (exact) mass is 398 g/mol. The van der Waals surface area contributed by atoms with Gasteiger partial charge in [-0.25, -0.2) is 4.98 Å². The lowest BCUT2D eigenvalue weighted by Crippen LogP contribution is -2.43. The van der Waals surface area contributed by atoms with Gasteiger partial charge in [-0.05, 0) is 48.4 Å². The maximum atomic E-state index is 5.77. The summed E-state index contributed by atoms with van der Waals surface area (Å²) in [5.74, 6) is 1.05. The van der Waals surface area contributed by atoms with Crippen LogP contribution >= 0.6 is 0 Å². The van der Waals surface area contributed by atoms with Gasteiger partial charge in [-0.1, -0.05) is 12.1 Å². The van der Waals surface area contributed by atoms with E-state index in [1.165, 1.54) is 10.9 Å². The second-order valence-corrected chi connectivity index (χ2v) is 7.77. The fourth-order valence-electron chi connectivity index (χ4n) is 4.19. The molecule has 0 bridgehead atoms. The van der Waals surface area contributed by atoms with Crippen molar-refractivity contribution in [1.29, 1.82) is 0 Å². The fourth-order valence-corrected chi connectivity index (χ4v) is 4.19. The highest BCUT2D eigenvalue weighted by Gasteiger charge is 2.13. The smallest absolute Gasteiger partial charge is 0.128 e. The number of benzene rings is 1. The van der Waals surface area contributed by atoms with E-state index < -0.39 is 0 Å². The number of piperazine rings is 1. The second-order valence-electron chi connectivity index (χ2n) is 7.77. The van der Waals surface area contributed by atoms with Gasteiger partial charge in [0, 0.05) is 72.8 Å². The Morgan fingerprint density at radius 3 is 2.57 bits per heavy atom. The summed E-state index contributed by atoms with van der Waals surface area (Å²) in [6.07, 6.45) is 3.80. The van der Waals surface area contributed by atoms with Crippen LogP contribution in [0.25, 0.3) is 33.3 Å². The number of rotatable bonds is 4. The molecule has 0 spiro atoms. The average Bonchev–Trinajstić information content (AvgIpc) is 3.15.